The molecule has 1 aliphatic heterocycles. The van der Waals surface area contributed by atoms with Gasteiger partial charge in [-0.05, 0) is 55.2 Å². The van der Waals surface area contributed by atoms with Gasteiger partial charge in [0.25, 0.3) is 0 Å². The Hall–Kier alpha value is -2.67. The number of alkyl halides is 2. The standard InChI is InChI=1S/C23H27F2NO4/c1-2-29-19-9-5-18(6-10-19)23(11-13-28-14-12-23)16-26-21(27)15-17-3-7-20(8-4-17)30-22(24)25/h3-10,22H,2,11-16H2,1H3,(H,26,27). The van der Waals surface area contributed by atoms with Crippen LogP contribution in [-0.2, 0) is 21.4 Å². The summed E-state index contributed by atoms with van der Waals surface area (Å²) < 4.78 is 39.9. The molecular weight excluding hydrogens is 392 g/mol. The highest BCUT2D eigenvalue weighted by Gasteiger charge is 2.34. The lowest BCUT2D eigenvalue weighted by atomic mass is 9.74. The highest BCUT2D eigenvalue weighted by atomic mass is 19.3. The molecule has 2 aromatic carbocycles. The predicted molar refractivity (Wildman–Crippen MR) is 109 cm³/mol. The summed E-state index contributed by atoms with van der Waals surface area (Å²) in [7, 11) is 0. The summed E-state index contributed by atoms with van der Waals surface area (Å²) in [4.78, 5) is 12.5. The summed E-state index contributed by atoms with van der Waals surface area (Å²) in [6, 6.07) is 14.2. The normalized spacial score (nSPS) is 15.6. The van der Waals surface area contributed by atoms with Gasteiger partial charge in [-0.1, -0.05) is 24.3 Å². The zero-order valence-corrected chi connectivity index (χ0v) is 17.0. The van der Waals surface area contributed by atoms with E-state index in [0.29, 0.717) is 26.4 Å². The molecule has 0 spiro atoms. The maximum absolute atomic E-state index is 12.5. The van der Waals surface area contributed by atoms with Crippen molar-refractivity contribution in [2.75, 3.05) is 26.4 Å². The summed E-state index contributed by atoms with van der Waals surface area (Å²) in [6.45, 7) is 1.50. The third-order valence-electron chi connectivity index (χ3n) is 5.36. The minimum absolute atomic E-state index is 0.0748. The van der Waals surface area contributed by atoms with Gasteiger partial charge in [0.1, 0.15) is 11.5 Å². The number of hydrogen-bond donors (Lipinski definition) is 1. The predicted octanol–water partition coefficient (Wildman–Crippen LogP) is 4.09. The molecule has 0 aromatic heterocycles. The number of benzene rings is 2. The van der Waals surface area contributed by atoms with E-state index in [-0.39, 0.29) is 23.5 Å². The molecule has 30 heavy (non-hydrogen) atoms. The van der Waals surface area contributed by atoms with Crippen LogP contribution in [0.1, 0.15) is 30.9 Å². The Morgan fingerprint density at radius 3 is 2.30 bits per heavy atom. The van der Waals surface area contributed by atoms with Gasteiger partial charge in [-0.25, -0.2) is 0 Å². The Morgan fingerprint density at radius 1 is 1.07 bits per heavy atom. The van der Waals surface area contributed by atoms with Crippen molar-refractivity contribution in [3.8, 4) is 11.5 Å². The first-order chi connectivity index (χ1) is 14.5. The fraction of sp³-hybridized carbons (Fsp3) is 0.435. The summed E-state index contributed by atoms with van der Waals surface area (Å²) in [5.74, 6) is 0.784. The van der Waals surface area contributed by atoms with Gasteiger partial charge in [-0.2, -0.15) is 8.78 Å². The van der Waals surface area contributed by atoms with Crippen molar-refractivity contribution in [3.05, 3.63) is 59.7 Å². The van der Waals surface area contributed by atoms with Crippen molar-refractivity contribution in [2.45, 2.75) is 38.2 Å². The molecule has 1 fully saturated rings. The molecule has 0 bridgehead atoms. The van der Waals surface area contributed by atoms with Gasteiger partial charge in [-0.3, -0.25) is 4.79 Å². The van der Waals surface area contributed by atoms with E-state index in [2.05, 4.69) is 22.2 Å². The first-order valence-corrected chi connectivity index (χ1v) is 10.1. The van der Waals surface area contributed by atoms with Crippen LogP contribution >= 0.6 is 0 Å². The molecular formula is C23H27F2NO4. The number of hydrogen-bond acceptors (Lipinski definition) is 4. The van der Waals surface area contributed by atoms with Gasteiger partial charge < -0.3 is 19.5 Å². The number of nitrogens with one attached hydrogen (secondary N) is 1. The molecule has 1 amide bonds. The summed E-state index contributed by atoms with van der Waals surface area (Å²) in [5.41, 5.74) is 1.70. The zero-order valence-electron chi connectivity index (χ0n) is 17.0. The number of carbonyl (C=O) groups excluding carboxylic acids is 1. The maximum Gasteiger partial charge on any atom is 0.387 e. The SMILES string of the molecule is CCOc1ccc(C2(CNC(=O)Cc3ccc(OC(F)F)cc3)CCOCC2)cc1. The van der Waals surface area contributed by atoms with Gasteiger partial charge in [0.05, 0.1) is 13.0 Å². The molecule has 3 rings (SSSR count). The second-order valence-corrected chi connectivity index (χ2v) is 7.33. The molecule has 1 saturated heterocycles. The molecule has 7 heteroatoms. The number of ether oxygens (including phenoxy) is 3. The molecule has 2 aromatic rings. The molecule has 0 aliphatic carbocycles. The Bertz CT molecular complexity index is 803. The lowest BCUT2D eigenvalue weighted by Gasteiger charge is -2.38. The Morgan fingerprint density at radius 2 is 1.70 bits per heavy atom. The fourth-order valence-electron chi connectivity index (χ4n) is 3.71. The van der Waals surface area contributed by atoms with Gasteiger partial charge in [0.2, 0.25) is 5.91 Å². The van der Waals surface area contributed by atoms with Crippen LogP contribution in [0, 0.1) is 0 Å². The minimum Gasteiger partial charge on any atom is -0.494 e. The van der Waals surface area contributed by atoms with E-state index in [4.69, 9.17) is 9.47 Å². The second-order valence-electron chi connectivity index (χ2n) is 7.33. The highest BCUT2D eigenvalue weighted by molar-refractivity contribution is 5.78. The van der Waals surface area contributed by atoms with Crippen molar-refractivity contribution < 1.29 is 27.8 Å². The largest absolute Gasteiger partial charge is 0.494 e. The van der Waals surface area contributed by atoms with Crippen LogP contribution in [0.25, 0.3) is 0 Å². The number of rotatable bonds is 9. The number of amides is 1. The molecule has 1 N–H and O–H groups in total. The topological polar surface area (TPSA) is 56.8 Å². The molecule has 162 valence electrons. The smallest absolute Gasteiger partial charge is 0.387 e. The lowest BCUT2D eigenvalue weighted by Crippen LogP contribution is -2.45. The maximum atomic E-state index is 12.5. The summed E-state index contributed by atoms with van der Waals surface area (Å²) in [6.07, 6.45) is 1.81. The fourth-order valence-corrected chi connectivity index (χ4v) is 3.71. The van der Waals surface area contributed by atoms with E-state index < -0.39 is 6.61 Å². The van der Waals surface area contributed by atoms with Crippen LogP contribution in [0.3, 0.4) is 0 Å². The minimum atomic E-state index is -2.86. The van der Waals surface area contributed by atoms with Crippen LogP contribution in [-0.4, -0.2) is 38.9 Å². The van der Waals surface area contributed by atoms with Crippen molar-refractivity contribution in [3.63, 3.8) is 0 Å². The van der Waals surface area contributed by atoms with Crippen LogP contribution < -0.4 is 14.8 Å². The second kappa shape index (κ2) is 10.4. The van der Waals surface area contributed by atoms with Crippen LogP contribution in [0.4, 0.5) is 8.78 Å². The Balaban J connectivity index is 1.62. The van der Waals surface area contributed by atoms with Crippen LogP contribution in [0.2, 0.25) is 0 Å². The summed E-state index contributed by atoms with van der Waals surface area (Å²) in [5, 5.41) is 3.05. The van der Waals surface area contributed by atoms with Crippen LogP contribution in [0.15, 0.2) is 48.5 Å². The molecule has 0 unspecified atom stereocenters. The Kier molecular flexibility index (Phi) is 7.63. The van der Waals surface area contributed by atoms with E-state index in [1.165, 1.54) is 12.1 Å². The zero-order chi connectivity index (χ0) is 21.4. The van der Waals surface area contributed by atoms with Crippen LogP contribution in [0.5, 0.6) is 11.5 Å². The molecule has 0 atom stereocenters. The quantitative estimate of drug-likeness (QED) is 0.665. The monoisotopic (exact) mass is 419 g/mol. The molecule has 5 nitrogen and oxygen atoms in total. The first-order valence-electron chi connectivity index (χ1n) is 10.1. The van der Waals surface area contributed by atoms with E-state index >= 15 is 0 Å². The van der Waals surface area contributed by atoms with Crippen molar-refractivity contribution in [1.29, 1.82) is 0 Å². The highest BCUT2D eigenvalue weighted by Crippen LogP contribution is 2.35. The van der Waals surface area contributed by atoms with Crippen molar-refractivity contribution in [1.82, 2.24) is 5.32 Å². The average Bonchev–Trinajstić information content (AvgIpc) is 2.75. The van der Waals surface area contributed by atoms with E-state index in [0.717, 1.165) is 29.7 Å². The first kappa shape index (κ1) is 22.0. The van der Waals surface area contributed by atoms with Gasteiger partial charge in [0, 0.05) is 25.2 Å². The third kappa shape index (κ3) is 5.92. The van der Waals surface area contributed by atoms with E-state index in [1.807, 2.05) is 19.1 Å². The van der Waals surface area contributed by atoms with Gasteiger partial charge in [0.15, 0.2) is 0 Å². The average molecular weight is 419 g/mol. The van der Waals surface area contributed by atoms with E-state index in [9.17, 15) is 13.6 Å². The molecule has 1 heterocycles. The third-order valence-corrected chi connectivity index (χ3v) is 5.36. The number of carbonyl (C=O) groups is 1. The molecule has 0 radical (unpaired) electrons. The van der Waals surface area contributed by atoms with Gasteiger partial charge in [-0.15, -0.1) is 0 Å². The molecule has 0 saturated carbocycles. The van der Waals surface area contributed by atoms with Crippen molar-refractivity contribution >= 4 is 5.91 Å². The Labute approximate surface area is 175 Å². The lowest BCUT2D eigenvalue weighted by molar-refractivity contribution is -0.121. The van der Waals surface area contributed by atoms with Gasteiger partial charge >= 0.3 is 6.61 Å². The van der Waals surface area contributed by atoms with Crippen molar-refractivity contribution in [2.24, 2.45) is 0 Å². The van der Waals surface area contributed by atoms with E-state index in [1.54, 1.807) is 12.1 Å². The number of halogens is 2. The molecule has 1 aliphatic rings. The summed E-state index contributed by atoms with van der Waals surface area (Å²) >= 11 is 0.